The number of methoxy groups -OCH3 is 1. The molecule has 1 aliphatic rings. The molecule has 0 unspecified atom stereocenters. The summed E-state index contributed by atoms with van der Waals surface area (Å²) in [4.78, 5) is 22.4. The van der Waals surface area contributed by atoms with E-state index in [9.17, 15) is 14.0 Å². The molecule has 114 valence electrons. The van der Waals surface area contributed by atoms with Gasteiger partial charge in [0.25, 0.3) is 0 Å². The number of carbonyl (C=O) groups is 2. The fourth-order valence-electron chi connectivity index (χ4n) is 2.75. The highest BCUT2D eigenvalue weighted by Crippen LogP contribution is 2.36. The lowest BCUT2D eigenvalue weighted by molar-refractivity contribution is -0.150. The van der Waals surface area contributed by atoms with E-state index < -0.39 is 17.7 Å². The third-order valence-corrected chi connectivity index (χ3v) is 4.10. The van der Waals surface area contributed by atoms with Crippen molar-refractivity contribution in [2.24, 2.45) is 5.92 Å². The zero-order valence-electron chi connectivity index (χ0n) is 12.3. The number of hydrogen-bond donors (Lipinski definition) is 1. The Kier molecular flexibility index (Phi) is 4.94. The summed E-state index contributed by atoms with van der Waals surface area (Å²) in [6.45, 7) is 2.24. The molecule has 1 aromatic rings. The van der Waals surface area contributed by atoms with Gasteiger partial charge in [-0.25, -0.2) is 9.18 Å². The molecular formula is C16H20FNO3. The van der Waals surface area contributed by atoms with E-state index in [1.54, 1.807) is 0 Å². The molecule has 1 fully saturated rings. The summed E-state index contributed by atoms with van der Waals surface area (Å²) in [6.07, 6.45) is 4.45. The van der Waals surface area contributed by atoms with Gasteiger partial charge in [-0.1, -0.05) is 25.8 Å². The van der Waals surface area contributed by atoms with E-state index in [2.05, 4.69) is 17.0 Å². The van der Waals surface area contributed by atoms with Gasteiger partial charge >= 0.3 is 11.9 Å². The van der Waals surface area contributed by atoms with E-state index in [1.165, 1.54) is 12.1 Å². The number of halogens is 1. The molecule has 0 saturated heterocycles. The minimum Gasteiger partial charge on any atom is -0.462 e. The van der Waals surface area contributed by atoms with E-state index in [-0.39, 0.29) is 5.69 Å². The van der Waals surface area contributed by atoms with Crippen LogP contribution in [0.15, 0.2) is 18.2 Å². The second kappa shape index (κ2) is 6.70. The summed E-state index contributed by atoms with van der Waals surface area (Å²) in [5, 5.41) is 2.21. The third kappa shape index (κ3) is 3.80. The number of carbonyl (C=O) groups excluding carboxylic acids is 2. The first-order valence-electron chi connectivity index (χ1n) is 7.20. The third-order valence-electron chi connectivity index (χ3n) is 4.10. The highest BCUT2D eigenvalue weighted by atomic mass is 19.1. The van der Waals surface area contributed by atoms with Crippen molar-refractivity contribution < 1.29 is 18.7 Å². The molecule has 5 heteroatoms. The number of nitrogens with one attached hydrogen (secondary N) is 1. The predicted octanol–water partition coefficient (Wildman–Crippen LogP) is 3.23. The zero-order chi connectivity index (χ0) is 15.4. The van der Waals surface area contributed by atoms with Crippen LogP contribution < -0.4 is 5.32 Å². The molecule has 2 rings (SSSR count). The van der Waals surface area contributed by atoms with Crippen LogP contribution in [0.4, 0.5) is 10.1 Å². The van der Waals surface area contributed by atoms with Crippen LogP contribution in [-0.2, 0) is 14.3 Å². The maximum absolute atomic E-state index is 14.0. The van der Waals surface area contributed by atoms with Crippen molar-refractivity contribution >= 4 is 17.6 Å². The molecule has 0 spiro atoms. The van der Waals surface area contributed by atoms with Crippen LogP contribution in [0.3, 0.4) is 0 Å². The highest BCUT2D eigenvalue weighted by molar-refractivity contribution is 6.37. The average molecular weight is 293 g/mol. The van der Waals surface area contributed by atoms with Gasteiger partial charge < -0.3 is 10.1 Å². The second-order valence-corrected chi connectivity index (χ2v) is 5.64. The number of hydrogen-bond acceptors (Lipinski definition) is 3. The topological polar surface area (TPSA) is 55.4 Å². The Labute approximate surface area is 123 Å². The summed E-state index contributed by atoms with van der Waals surface area (Å²) in [5.41, 5.74) is 0.953. The maximum atomic E-state index is 14.0. The first-order chi connectivity index (χ1) is 10.0. The molecule has 4 nitrogen and oxygen atoms in total. The van der Waals surface area contributed by atoms with Gasteiger partial charge in [-0.15, -0.1) is 0 Å². The zero-order valence-corrected chi connectivity index (χ0v) is 12.3. The molecule has 21 heavy (non-hydrogen) atoms. The predicted molar refractivity (Wildman–Crippen MR) is 77.4 cm³/mol. The molecule has 0 aliphatic heterocycles. The number of ether oxygens (including phenoxy) is 1. The molecular weight excluding hydrogens is 273 g/mol. The normalized spacial score (nSPS) is 21.7. The molecule has 0 aromatic heterocycles. The van der Waals surface area contributed by atoms with Crippen molar-refractivity contribution in [3.8, 4) is 0 Å². The molecule has 1 aromatic carbocycles. The summed E-state index contributed by atoms with van der Waals surface area (Å²) >= 11 is 0. The van der Waals surface area contributed by atoms with Crippen LogP contribution >= 0.6 is 0 Å². The quantitative estimate of drug-likeness (QED) is 0.673. The Bertz CT molecular complexity index is 536. The smallest absolute Gasteiger partial charge is 0.396 e. The Morgan fingerprint density at radius 2 is 1.90 bits per heavy atom. The Balaban J connectivity index is 2.07. The summed E-state index contributed by atoms with van der Waals surface area (Å²) in [7, 11) is 1.10. The van der Waals surface area contributed by atoms with Crippen LogP contribution in [0.1, 0.15) is 44.1 Å². The van der Waals surface area contributed by atoms with E-state index in [0.29, 0.717) is 5.92 Å². The first kappa shape index (κ1) is 15.5. The summed E-state index contributed by atoms with van der Waals surface area (Å²) in [6, 6.07) is 4.77. The summed E-state index contributed by atoms with van der Waals surface area (Å²) < 4.78 is 18.3. The number of esters is 1. The fourth-order valence-corrected chi connectivity index (χ4v) is 2.75. The molecule has 1 aliphatic carbocycles. The standard InChI is InChI=1S/C16H20FNO3/c1-10-3-5-11(6-4-10)12-7-8-14(13(17)9-12)18-15(19)16(20)21-2/h7-11H,3-6H2,1-2H3,(H,18,19). The van der Waals surface area contributed by atoms with E-state index in [4.69, 9.17) is 0 Å². The van der Waals surface area contributed by atoms with E-state index in [1.807, 2.05) is 6.07 Å². The van der Waals surface area contributed by atoms with Gasteiger partial charge in [-0.3, -0.25) is 4.79 Å². The molecule has 1 N–H and O–H groups in total. The van der Waals surface area contributed by atoms with Crippen LogP contribution in [-0.4, -0.2) is 19.0 Å². The van der Waals surface area contributed by atoms with Gasteiger partial charge in [-0.2, -0.15) is 0 Å². The lowest BCUT2D eigenvalue weighted by Gasteiger charge is -2.26. The number of rotatable bonds is 2. The largest absolute Gasteiger partial charge is 0.462 e. The van der Waals surface area contributed by atoms with Crippen LogP contribution in [0.25, 0.3) is 0 Å². The highest BCUT2D eigenvalue weighted by Gasteiger charge is 2.21. The Morgan fingerprint density at radius 1 is 1.24 bits per heavy atom. The van der Waals surface area contributed by atoms with Crippen LogP contribution in [0.5, 0.6) is 0 Å². The van der Waals surface area contributed by atoms with Crippen molar-refractivity contribution in [1.29, 1.82) is 0 Å². The monoisotopic (exact) mass is 293 g/mol. The van der Waals surface area contributed by atoms with Gasteiger partial charge in [0.2, 0.25) is 0 Å². The van der Waals surface area contributed by atoms with Crippen LogP contribution in [0, 0.1) is 11.7 Å². The van der Waals surface area contributed by atoms with Crippen LogP contribution in [0.2, 0.25) is 0 Å². The Hall–Kier alpha value is -1.91. The minimum absolute atomic E-state index is 0.00155. The number of benzene rings is 1. The average Bonchev–Trinajstić information content (AvgIpc) is 2.49. The second-order valence-electron chi connectivity index (χ2n) is 5.64. The van der Waals surface area contributed by atoms with Crippen molar-refractivity contribution in [2.75, 3.05) is 12.4 Å². The van der Waals surface area contributed by atoms with E-state index >= 15 is 0 Å². The van der Waals surface area contributed by atoms with Gasteiger partial charge in [0.15, 0.2) is 0 Å². The van der Waals surface area contributed by atoms with Gasteiger partial charge in [-0.05, 0) is 42.4 Å². The minimum atomic E-state index is -1.04. The fraction of sp³-hybridized carbons (Fsp3) is 0.500. The lowest BCUT2D eigenvalue weighted by atomic mass is 9.79. The van der Waals surface area contributed by atoms with Crippen molar-refractivity contribution in [1.82, 2.24) is 0 Å². The van der Waals surface area contributed by atoms with E-state index in [0.717, 1.165) is 44.3 Å². The Morgan fingerprint density at radius 3 is 2.48 bits per heavy atom. The molecule has 0 bridgehead atoms. The van der Waals surface area contributed by atoms with Crippen molar-refractivity contribution in [2.45, 2.75) is 38.5 Å². The van der Waals surface area contributed by atoms with Gasteiger partial charge in [0, 0.05) is 0 Å². The van der Waals surface area contributed by atoms with Gasteiger partial charge in [0.1, 0.15) is 5.82 Å². The molecule has 1 amide bonds. The van der Waals surface area contributed by atoms with Crippen molar-refractivity contribution in [3.05, 3.63) is 29.6 Å². The SMILES string of the molecule is COC(=O)C(=O)Nc1ccc(C2CCC(C)CC2)cc1F. The van der Waals surface area contributed by atoms with Crippen molar-refractivity contribution in [3.63, 3.8) is 0 Å². The van der Waals surface area contributed by atoms with Gasteiger partial charge in [0.05, 0.1) is 12.8 Å². The first-order valence-corrected chi connectivity index (χ1v) is 7.20. The maximum Gasteiger partial charge on any atom is 0.396 e. The summed E-state index contributed by atoms with van der Waals surface area (Å²) in [5.74, 6) is -1.43. The lowest BCUT2D eigenvalue weighted by Crippen LogP contribution is -2.24. The number of amides is 1. The molecule has 1 saturated carbocycles. The molecule has 0 radical (unpaired) electrons. The number of anilines is 1. The molecule has 0 heterocycles. The molecule has 0 atom stereocenters.